The van der Waals surface area contributed by atoms with Crippen LogP contribution in [0, 0.1) is 10.1 Å². The largest absolute Gasteiger partial charge is 0.325 e. The highest BCUT2D eigenvalue weighted by molar-refractivity contribution is 5.62. The first kappa shape index (κ1) is 12.3. The van der Waals surface area contributed by atoms with Crippen LogP contribution < -0.4 is 5.73 Å². The Morgan fingerprint density at radius 2 is 2.22 bits per heavy atom. The van der Waals surface area contributed by atoms with Crippen LogP contribution in [0.3, 0.4) is 0 Å². The first-order chi connectivity index (χ1) is 8.65. The average Bonchev–Trinajstić information content (AvgIpc) is 2.82. The zero-order valence-electron chi connectivity index (χ0n) is 10.0. The maximum Gasteiger partial charge on any atom is 0.270 e. The molecule has 2 aromatic rings. The van der Waals surface area contributed by atoms with Crippen molar-refractivity contribution in [1.82, 2.24) is 9.78 Å². The van der Waals surface area contributed by atoms with E-state index in [-0.39, 0.29) is 5.69 Å². The van der Waals surface area contributed by atoms with Crippen molar-refractivity contribution in [2.45, 2.75) is 20.0 Å². The molecule has 0 aliphatic carbocycles. The monoisotopic (exact) mass is 246 g/mol. The summed E-state index contributed by atoms with van der Waals surface area (Å²) in [5.41, 5.74) is 8.04. The molecule has 0 spiro atoms. The van der Waals surface area contributed by atoms with Gasteiger partial charge in [0.25, 0.3) is 5.69 Å². The Kier molecular flexibility index (Phi) is 3.38. The molecule has 18 heavy (non-hydrogen) atoms. The van der Waals surface area contributed by atoms with Crippen molar-refractivity contribution in [3.05, 3.63) is 46.1 Å². The van der Waals surface area contributed by atoms with Crippen LogP contribution in [-0.4, -0.2) is 14.7 Å². The second kappa shape index (κ2) is 4.97. The van der Waals surface area contributed by atoms with Crippen molar-refractivity contribution in [2.75, 3.05) is 0 Å². The molecular formula is C12H14N4O2. The van der Waals surface area contributed by atoms with Crippen LogP contribution in [0.4, 0.5) is 5.69 Å². The highest BCUT2D eigenvalue weighted by Gasteiger charge is 2.11. The Morgan fingerprint density at radius 3 is 2.78 bits per heavy atom. The third kappa shape index (κ3) is 2.23. The summed E-state index contributed by atoms with van der Waals surface area (Å²) in [7, 11) is 0. The van der Waals surface area contributed by atoms with E-state index in [2.05, 4.69) is 5.10 Å². The minimum Gasteiger partial charge on any atom is -0.325 e. The van der Waals surface area contributed by atoms with E-state index in [9.17, 15) is 10.1 Å². The number of aryl methyl sites for hydroxylation is 1. The molecule has 0 amide bonds. The van der Waals surface area contributed by atoms with E-state index in [4.69, 9.17) is 5.73 Å². The van der Waals surface area contributed by atoms with Gasteiger partial charge in [-0.25, -0.2) is 0 Å². The fourth-order valence-electron chi connectivity index (χ4n) is 1.81. The lowest BCUT2D eigenvalue weighted by Gasteiger charge is -1.99. The van der Waals surface area contributed by atoms with E-state index >= 15 is 0 Å². The molecule has 0 saturated carbocycles. The Labute approximate surface area is 104 Å². The zero-order valence-corrected chi connectivity index (χ0v) is 10.0. The lowest BCUT2D eigenvalue weighted by Crippen LogP contribution is -2.06. The number of hydrogen-bond donors (Lipinski definition) is 1. The number of hydrogen-bond acceptors (Lipinski definition) is 4. The number of rotatable bonds is 4. The maximum absolute atomic E-state index is 10.7. The molecule has 6 nitrogen and oxygen atoms in total. The van der Waals surface area contributed by atoms with Gasteiger partial charge in [0.15, 0.2) is 0 Å². The van der Waals surface area contributed by atoms with Crippen molar-refractivity contribution in [2.24, 2.45) is 5.73 Å². The van der Waals surface area contributed by atoms with E-state index in [1.165, 1.54) is 12.1 Å². The molecule has 0 atom stereocenters. The molecule has 1 aromatic heterocycles. The zero-order chi connectivity index (χ0) is 13.1. The summed E-state index contributed by atoms with van der Waals surface area (Å²) in [5, 5.41) is 15.1. The molecule has 0 aliphatic rings. The number of nitrogens with two attached hydrogens (primary N) is 1. The molecule has 2 rings (SSSR count). The smallest absolute Gasteiger partial charge is 0.270 e. The van der Waals surface area contributed by atoms with Crippen molar-refractivity contribution in [1.29, 1.82) is 0 Å². The number of benzene rings is 1. The van der Waals surface area contributed by atoms with Crippen LogP contribution in [0.2, 0.25) is 0 Å². The van der Waals surface area contributed by atoms with Gasteiger partial charge in [-0.1, -0.05) is 12.1 Å². The summed E-state index contributed by atoms with van der Waals surface area (Å²) in [6.07, 6.45) is 0. The third-order valence-electron chi connectivity index (χ3n) is 2.72. The van der Waals surface area contributed by atoms with E-state index in [0.717, 1.165) is 17.8 Å². The van der Waals surface area contributed by atoms with Gasteiger partial charge in [0.2, 0.25) is 0 Å². The van der Waals surface area contributed by atoms with Gasteiger partial charge in [-0.3, -0.25) is 14.8 Å². The van der Waals surface area contributed by atoms with Crippen LogP contribution in [0.1, 0.15) is 12.6 Å². The predicted molar refractivity (Wildman–Crippen MR) is 67.9 cm³/mol. The van der Waals surface area contributed by atoms with Gasteiger partial charge in [-0.05, 0) is 13.0 Å². The quantitative estimate of drug-likeness (QED) is 0.659. The molecule has 6 heteroatoms. The summed E-state index contributed by atoms with van der Waals surface area (Å²) >= 11 is 0. The van der Waals surface area contributed by atoms with E-state index in [0.29, 0.717) is 12.2 Å². The Morgan fingerprint density at radius 1 is 1.44 bits per heavy atom. The summed E-state index contributed by atoms with van der Waals surface area (Å²) in [5.74, 6) is 0. The number of nitro benzene ring substituents is 1. The van der Waals surface area contributed by atoms with Crippen molar-refractivity contribution in [3.63, 3.8) is 0 Å². The summed E-state index contributed by atoms with van der Waals surface area (Å²) in [6.45, 7) is 3.10. The molecule has 0 fully saturated rings. The fraction of sp³-hybridized carbons (Fsp3) is 0.250. The van der Waals surface area contributed by atoms with Gasteiger partial charge in [-0.2, -0.15) is 5.10 Å². The topological polar surface area (TPSA) is 87.0 Å². The number of aromatic nitrogens is 2. The van der Waals surface area contributed by atoms with Crippen molar-refractivity contribution < 1.29 is 4.92 Å². The summed E-state index contributed by atoms with van der Waals surface area (Å²) in [4.78, 5) is 10.3. The average molecular weight is 246 g/mol. The Bertz CT molecular complexity index is 556. The highest BCUT2D eigenvalue weighted by Crippen LogP contribution is 2.23. The third-order valence-corrected chi connectivity index (χ3v) is 2.72. The van der Waals surface area contributed by atoms with Gasteiger partial charge < -0.3 is 5.73 Å². The van der Waals surface area contributed by atoms with Crippen LogP contribution in [-0.2, 0) is 13.1 Å². The lowest BCUT2D eigenvalue weighted by molar-refractivity contribution is -0.384. The molecule has 1 heterocycles. The Balaban J connectivity index is 2.45. The normalized spacial score (nSPS) is 10.6. The standard InChI is InChI=1S/C12H14N4O2/c1-2-15-11(8-13)7-12(14-15)9-4-3-5-10(6-9)16(17)18/h3-7H,2,8,13H2,1H3. The number of nitrogens with zero attached hydrogens (tertiary/aromatic N) is 3. The minimum absolute atomic E-state index is 0.0628. The summed E-state index contributed by atoms with van der Waals surface area (Å²) in [6, 6.07) is 8.30. The molecular weight excluding hydrogens is 232 g/mol. The first-order valence-electron chi connectivity index (χ1n) is 5.67. The first-order valence-corrected chi connectivity index (χ1v) is 5.67. The minimum atomic E-state index is -0.413. The molecule has 0 bridgehead atoms. The molecule has 0 radical (unpaired) electrons. The van der Waals surface area contributed by atoms with Gasteiger partial charge in [-0.15, -0.1) is 0 Å². The SMILES string of the molecule is CCn1nc(-c2cccc([N+](=O)[O-])c2)cc1CN. The van der Waals surface area contributed by atoms with Gasteiger partial charge >= 0.3 is 0 Å². The molecule has 0 saturated heterocycles. The predicted octanol–water partition coefficient (Wildman–Crippen LogP) is 1.94. The van der Waals surface area contributed by atoms with Crippen molar-refractivity contribution >= 4 is 5.69 Å². The summed E-state index contributed by atoms with van der Waals surface area (Å²) < 4.78 is 1.80. The number of nitro groups is 1. The maximum atomic E-state index is 10.7. The van der Waals surface area contributed by atoms with Crippen molar-refractivity contribution in [3.8, 4) is 11.3 Å². The second-order valence-corrected chi connectivity index (χ2v) is 3.85. The van der Waals surface area contributed by atoms with Crippen LogP contribution in [0.25, 0.3) is 11.3 Å². The fourth-order valence-corrected chi connectivity index (χ4v) is 1.81. The second-order valence-electron chi connectivity index (χ2n) is 3.85. The molecule has 2 N–H and O–H groups in total. The molecule has 1 aromatic carbocycles. The molecule has 0 unspecified atom stereocenters. The van der Waals surface area contributed by atoms with E-state index in [1.807, 2.05) is 13.0 Å². The van der Waals surface area contributed by atoms with Gasteiger partial charge in [0.05, 0.1) is 16.3 Å². The van der Waals surface area contributed by atoms with Crippen LogP contribution >= 0.6 is 0 Å². The van der Waals surface area contributed by atoms with E-state index in [1.54, 1.807) is 16.8 Å². The lowest BCUT2D eigenvalue weighted by atomic mass is 10.1. The Hall–Kier alpha value is -2.21. The highest BCUT2D eigenvalue weighted by atomic mass is 16.6. The van der Waals surface area contributed by atoms with Gasteiger partial charge in [0.1, 0.15) is 0 Å². The van der Waals surface area contributed by atoms with E-state index < -0.39 is 4.92 Å². The van der Waals surface area contributed by atoms with Crippen LogP contribution in [0.15, 0.2) is 30.3 Å². The number of non-ortho nitro benzene ring substituents is 1. The molecule has 0 aliphatic heterocycles. The molecule has 94 valence electrons. The van der Waals surface area contributed by atoms with Crippen LogP contribution in [0.5, 0.6) is 0 Å². The van der Waals surface area contributed by atoms with Gasteiger partial charge in [0, 0.05) is 30.8 Å².